The van der Waals surface area contributed by atoms with Crippen LogP contribution < -0.4 is 4.90 Å². The molecule has 1 aliphatic rings. The molecule has 1 aliphatic heterocycles. The fourth-order valence-corrected chi connectivity index (χ4v) is 2.86. The summed E-state index contributed by atoms with van der Waals surface area (Å²) in [6, 6.07) is 7.73. The fourth-order valence-electron chi connectivity index (χ4n) is 2.86. The number of hydrogen-bond acceptors (Lipinski definition) is 5. The second-order valence-electron chi connectivity index (χ2n) is 6.25. The first-order valence-electron chi connectivity index (χ1n) is 8.13. The van der Waals surface area contributed by atoms with Crippen LogP contribution in [0.3, 0.4) is 0 Å². The van der Waals surface area contributed by atoms with E-state index in [1.165, 1.54) is 0 Å². The molecule has 0 aliphatic carbocycles. The van der Waals surface area contributed by atoms with E-state index in [0.29, 0.717) is 32.0 Å². The number of aromatic amines is 1. The number of carbonyl (C=O) groups excluding carboxylic acids is 1. The lowest BCUT2D eigenvalue weighted by Crippen LogP contribution is -2.36. The molecule has 2 aromatic heterocycles. The Hall–Kier alpha value is -2.41. The third-order valence-corrected chi connectivity index (χ3v) is 4.10. The quantitative estimate of drug-likeness (QED) is 0.912. The number of aromatic nitrogens is 3. The van der Waals surface area contributed by atoms with Gasteiger partial charge >= 0.3 is 0 Å². The smallest absolute Gasteiger partial charge is 0.271 e. The van der Waals surface area contributed by atoms with E-state index < -0.39 is 0 Å². The summed E-state index contributed by atoms with van der Waals surface area (Å²) in [6.45, 7) is 2.45. The van der Waals surface area contributed by atoms with Crippen LogP contribution >= 0.6 is 0 Å². The molecule has 0 radical (unpaired) electrons. The van der Waals surface area contributed by atoms with E-state index >= 15 is 0 Å². The Morgan fingerprint density at radius 1 is 1.42 bits per heavy atom. The third-order valence-electron chi connectivity index (χ3n) is 4.10. The Morgan fingerprint density at radius 3 is 3.04 bits per heavy atom. The average Bonchev–Trinajstić information content (AvgIpc) is 3.02. The van der Waals surface area contributed by atoms with E-state index in [4.69, 9.17) is 4.74 Å². The summed E-state index contributed by atoms with van der Waals surface area (Å²) in [6.07, 6.45) is 2.38. The van der Waals surface area contributed by atoms with Crippen molar-refractivity contribution in [3.8, 4) is 0 Å². The summed E-state index contributed by atoms with van der Waals surface area (Å²) in [7, 11) is 3.96. The van der Waals surface area contributed by atoms with E-state index in [2.05, 4.69) is 15.2 Å². The van der Waals surface area contributed by atoms with Crippen molar-refractivity contribution in [3.63, 3.8) is 0 Å². The maximum absolute atomic E-state index is 12.5. The van der Waals surface area contributed by atoms with Gasteiger partial charge in [-0.2, -0.15) is 5.10 Å². The van der Waals surface area contributed by atoms with Crippen LogP contribution in [0.15, 0.2) is 30.5 Å². The number of H-pyrrole nitrogens is 1. The molecular formula is C17H23N5O2. The van der Waals surface area contributed by atoms with Gasteiger partial charge in [-0.25, -0.2) is 4.98 Å². The van der Waals surface area contributed by atoms with Gasteiger partial charge in [-0.05, 0) is 24.6 Å². The second-order valence-corrected chi connectivity index (χ2v) is 6.25. The summed E-state index contributed by atoms with van der Waals surface area (Å²) in [4.78, 5) is 21.0. The number of amides is 1. The molecule has 0 spiro atoms. The molecule has 1 N–H and O–H groups in total. The molecule has 128 valence electrons. The van der Waals surface area contributed by atoms with Crippen molar-refractivity contribution in [2.75, 3.05) is 45.3 Å². The zero-order valence-electron chi connectivity index (χ0n) is 14.1. The normalized spacial score (nSPS) is 18.2. The van der Waals surface area contributed by atoms with Crippen LogP contribution in [0.4, 0.5) is 5.82 Å². The second kappa shape index (κ2) is 7.44. The zero-order valence-corrected chi connectivity index (χ0v) is 14.1. The summed E-state index contributed by atoms with van der Waals surface area (Å²) in [5, 5.41) is 6.60. The molecule has 0 aromatic carbocycles. The highest BCUT2D eigenvalue weighted by Crippen LogP contribution is 2.16. The van der Waals surface area contributed by atoms with Crippen LogP contribution in [-0.4, -0.2) is 66.4 Å². The molecule has 7 heteroatoms. The van der Waals surface area contributed by atoms with Gasteiger partial charge in [-0.1, -0.05) is 6.07 Å². The van der Waals surface area contributed by atoms with Crippen molar-refractivity contribution < 1.29 is 9.53 Å². The van der Waals surface area contributed by atoms with Gasteiger partial charge in [0.25, 0.3) is 5.91 Å². The van der Waals surface area contributed by atoms with Crippen LogP contribution in [0.5, 0.6) is 0 Å². The Labute approximate surface area is 141 Å². The van der Waals surface area contributed by atoms with E-state index in [1.807, 2.05) is 42.1 Å². The number of hydrogen-bond donors (Lipinski definition) is 1. The van der Waals surface area contributed by atoms with Crippen molar-refractivity contribution in [1.82, 2.24) is 20.1 Å². The van der Waals surface area contributed by atoms with Gasteiger partial charge in [0.15, 0.2) is 0 Å². The van der Waals surface area contributed by atoms with Gasteiger partial charge in [-0.15, -0.1) is 0 Å². The number of nitrogens with zero attached hydrogens (tertiary/aromatic N) is 4. The van der Waals surface area contributed by atoms with Crippen LogP contribution in [-0.2, 0) is 11.2 Å². The summed E-state index contributed by atoms with van der Waals surface area (Å²) < 4.78 is 5.70. The minimum absolute atomic E-state index is 0.0296. The highest BCUT2D eigenvalue weighted by atomic mass is 16.5. The summed E-state index contributed by atoms with van der Waals surface area (Å²) >= 11 is 0. The maximum atomic E-state index is 12.5. The molecule has 1 saturated heterocycles. The van der Waals surface area contributed by atoms with Crippen LogP contribution in [0.1, 0.15) is 16.2 Å². The average molecular weight is 329 g/mol. The van der Waals surface area contributed by atoms with E-state index in [1.54, 1.807) is 12.3 Å². The minimum Gasteiger partial charge on any atom is -0.379 e. The molecule has 2 aromatic rings. The SMILES string of the molecule is CN(C)c1cccc(C[C@@H]2COCCN(C(=O)c3ccn[nH]3)C2)n1. The highest BCUT2D eigenvalue weighted by molar-refractivity contribution is 5.92. The topological polar surface area (TPSA) is 74.3 Å². The number of anilines is 1. The van der Waals surface area contributed by atoms with Crippen molar-refractivity contribution in [1.29, 1.82) is 0 Å². The van der Waals surface area contributed by atoms with Gasteiger partial charge < -0.3 is 14.5 Å². The zero-order chi connectivity index (χ0) is 16.9. The number of pyridine rings is 1. The van der Waals surface area contributed by atoms with Crippen molar-refractivity contribution >= 4 is 11.7 Å². The molecule has 1 fully saturated rings. The van der Waals surface area contributed by atoms with Crippen molar-refractivity contribution in [3.05, 3.63) is 41.9 Å². The molecule has 0 unspecified atom stereocenters. The molecule has 1 atom stereocenters. The highest BCUT2D eigenvalue weighted by Gasteiger charge is 2.24. The van der Waals surface area contributed by atoms with Gasteiger partial charge in [0.1, 0.15) is 11.5 Å². The van der Waals surface area contributed by atoms with Crippen molar-refractivity contribution in [2.45, 2.75) is 6.42 Å². The third kappa shape index (κ3) is 3.91. The van der Waals surface area contributed by atoms with E-state index in [-0.39, 0.29) is 11.8 Å². The Kier molecular flexibility index (Phi) is 5.10. The number of carbonyl (C=O) groups is 1. The lowest BCUT2D eigenvalue weighted by atomic mass is 10.0. The number of rotatable bonds is 4. The first kappa shape index (κ1) is 16.4. The van der Waals surface area contributed by atoms with Gasteiger partial charge in [-0.3, -0.25) is 9.89 Å². The first-order chi connectivity index (χ1) is 11.6. The van der Waals surface area contributed by atoms with Gasteiger partial charge in [0, 0.05) is 45.0 Å². The lowest BCUT2D eigenvalue weighted by Gasteiger charge is -2.23. The molecule has 3 heterocycles. The molecule has 1 amide bonds. The Morgan fingerprint density at radius 2 is 2.29 bits per heavy atom. The maximum Gasteiger partial charge on any atom is 0.271 e. The number of ether oxygens (including phenoxy) is 1. The number of nitrogens with one attached hydrogen (secondary N) is 1. The minimum atomic E-state index is -0.0296. The van der Waals surface area contributed by atoms with Crippen LogP contribution in [0.2, 0.25) is 0 Å². The van der Waals surface area contributed by atoms with Crippen molar-refractivity contribution in [2.24, 2.45) is 5.92 Å². The van der Waals surface area contributed by atoms with Crippen LogP contribution in [0, 0.1) is 5.92 Å². The van der Waals surface area contributed by atoms with E-state index in [0.717, 1.165) is 17.9 Å². The standard InChI is InChI=1S/C17H23N5O2/c1-21(2)16-5-3-4-14(19-16)10-13-11-22(8-9-24-12-13)17(23)15-6-7-18-20-15/h3-7,13H,8-12H2,1-2H3,(H,18,20)/t13-/m0/s1. The first-order valence-corrected chi connectivity index (χ1v) is 8.13. The molecule has 24 heavy (non-hydrogen) atoms. The predicted octanol–water partition coefficient (Wildman–Crippen LogP) is 1.20. The largest absolute Gasteiger partial charge is 0.379 e. The lowest BCUT2D eigenvalue weighted by molar-refractivity contribution is 0.0731. The predicted molar refractivity (Wildman–Crippen MR) is 91.1 cm³/mol. The Balaban J connectivity index is 1.69. The van der Waals surface area contributed by atoms with Crippen LogP contribution in [0.25, 0.3) is 0 Å². The molecule has 0 saturated carbocycles. The molecule has 3 rings (SSSR count). The van der Waals surface area contributed by atoms with E-state index in [9.17, 15) is 4.79 Å². The monoisotopic (exact) mass is 329 g/mol. The molecule has 0 bridgehead atoms. The fraction of sp³-hybridized carbons (Fsp3) is 0.471. The van der Waals surface area contributed by atoms with Gasteiger partial charge in [0.05, 0.1) is 13.2 Å². The molecule has 7 nitrogen and oxygen atoms in total. The summed E-state index contributed by atoms with van der Waals surface area (Å²) in [5.41, 5.74) is 1.54. The van der Waals surface area contributed by atoms with Gasteiger partial charge in [0.2, 0.25) is 0 Å². The Bertz CT molecular complexity index is 671. The molecular weight excluding hydrogens is 306 g/mol. The summed E-state index contributed by atoms with van der Waals surface area (Å²) in [5.74, 6) is 1.13.